The van der Waals surface area contributed by atoms with Crippen molar-refractivity contribution in [3.63, 3.8) is 0 Å². The van der Waals surface area contributed by atoms with Gasteiger partial charge in [0.15, 0.2) is 0 Å². The van der Waals surface area contributed by atoms with Crippen LogP contribution in [0.1, 0.15) is 40.0 Å². The summed E-state index contributed by atoms with van der Waals surface area (Å²) in [4.78, 5) is 33.0. The summed E-state index contributed by atoms with van der Waals surface area (Å²) in [5.41, 5.74) is -0.783. The SMILES string of the molecule is CC(C)(C)OC(=O)N[C@@H](CCCCNC(=O)C(F)(F)F)C(=O)O. The molecule has 0 fully saturated rings. The monoisotopic (exact) mass is 342 g/mol. The molecule has 0 radical (unpaired) electrons. The van der Waals surface area contributed by atoms with Gasteiger partial charge in [-0.1, -0.05) is 0 Å². The molecule has 0 saturated heterocycles. The highest BCUT2D eigenvalue weighted by Gasteiger charge is 2.38. The summed E-state index contributed by atoms with van der Waals surface area (Å²) < 4.78 is 40.7. The number of carbonyl (C=O) groups is 3. The number of hydrogen-bond acceptors (Lipinski definition) is 4. The fourth-order valence-corrected chi connectivity index (χ4v) is 1.48. The number of aliphatic carboxylic acids is 1. The second-order valence-electron chi connectivity index (χ2n) is 5.79. The van der Waals surface area contributed by atoms with Crippen molar-refractivity contribution in [2.45, 2.75) is 57.9 Å². The van der Waals surface area contributed by atoms with Crippen LogP contribution in [0.5, 0.6) is 0 Å². The van der Waals surface area contributed by atoms with Gasteiger partial charge in [0.05, 0.1) is 0 Å². The predicted molar refractivity (Wildman–Crippen MR) is 73.7 cm³/mol. The molecule has 0 rings (SSSR count). The van der Waals surface area contributed by atoms with Crippen molar-refractivity contribution in [3.05, 3.63) is 0 Å². The van der Waals surface area contributed by atoms with E-state index < -0.39 is 35.8 Å². The summed E-state index contributed by atoms with van der Waals surface area (Å²) in [6.07, 6.45) is -5.50. The van der Waals surface area contributed by atoms with Gasteiger partial charge in [0, 0.05) is 6.54 Å². The van der Waals surface area contributed by atoms with Gasteiger partial charge < -0.3 is 20.5 Å². The van der Waals surface area contributed by atoms with Crippen molar-refractivity contribution in [1.29, 1.82) is 0 Å². The molecule has 10 heteroatoms. The molecule has 23 heavy (non-hydrogen) atoms. The van der Waals surface area contributed by atoms with Crippen molar-refractivity contribution in [1.82, 2.24) is 10.6 Å². The molecule has 7 nitrogen and oxygen atoms in total. The first-order chi connectivity index (χ1) is 10.3. The van der Waals surface area contributed by atoms with Crippen LogP contribution in [0.25, 0.3) is 0 Å². The third-order valence-corrected chi connectivity index (χ3v) is 2.45. The van der Waals surface area contributed by atoms with Gasteiger partial charge >= 0.3 is 24.1 Å². The maximum Gasteiger partial charge on any atom is 0.471 e. The van der Waals surface area contributed by atoms with E-state index >= 15 is 0 Å². The zero-order chi connectivity index (χ0) is 18.3. The average molecular weight is 342 g/mol. The summed E-state index contributed by atoms with van der Waals surface area (Å²) in [5.74, 6) is -3.32. The number of alkyl halides is 3. The second-order valence-corrected chi connectivity index (χ2v) is 5.79. The van der Waals surface area contributed by atoms with Gasteiger partial charge in [0.25, 0.3) is 0 Å². The molecule has 0 aliphatic rings. The van der Waals surface area contributed by atoms with Crippen LogP contribution in [-0.2, 0) is 14.3 Å². The molecule has 3 N–H and O–H groups in total. The maximum atomic E-state index is 11.9. The number of carboxylic acids is 1. The Kier molecular flexibility index (Phi) is 7.84. The summed E-state index contributed by atoms with van der Waals surface area (Å²) in [6.45, 7) is 4.61. The van der Waals surface area contributed by atoms with Crippen molar-refractivity contribution < 1.29 is 37.4 Å². The number of alkyl carbamates (subject to hydrolysis) is 1. The summed E-state index contributed by atoms with van der Waals surface area (Å²) >= 11 is 0. The molecule has 0 spiro atoms. The minimum absolute atomic E-state index is 0.00351. The number of amides is 2. The van der Waals surface area contributed by atoms with E-state index in [0.29, 0.717) is 0 Å². The van der Waals surface area contributed by atoms with Gasteiger partial charge in [-0.2, -0.15) is 13.2 Å². The van der Waals surface area contributed by atoms with Gasteiger partial charge in [-0.05, 0) is 40.0 Å². The van der Waals surface area contributed by atoms with Crippen LogP contribution in [0.15, 0.2) is 0 Å². The zero-order valence-corrected chi connectivity index (χ0v) is 13.1. The highest BCUT2D eigenvalue weighted by Crippen LogP contribution is 2.14. The number of ether oxygens (including phenoxy) is 1. The third-order valence-electron chi connectivity index (χ3n) is 2.45. The molecular formula is C13H21F3N2O5. The Morgan fingerprint density at radius 3 is 2.13 bits per heavy atom. The standard InChI is InChI=1S/C13H21F3N2O5/c1-12(2,3)23-11(22)18-8(9(19)20)6-4-5-7-17-10(21)13(14,15)16/h8H,4-7H2,1-3H3,(H,17,21)(H,18,22)(H,19,20)/t8-/m0/s1. The lowest BCUT2D eigenvalue weighted by molar-refractivity contribution is -0.173. The molecular weight excluding hydrogens is 321 g/mol. The number of hydrogen-bond donors (Lipinski definition) is 3. The Balaban J connectivity index is 4.14. The maximum absolute atomic E-state index is 11.9. The fraction of sp³-hybridized carbons (Fsp3) is 0.769. The number of nitrogens with one attached hydrogen (secondary N) is 2. The van der Waals surface area contributed by atoms with Crippen molar-refractivity contribution in [2.75, 3.05) is 6.54 Å². The highest BCUT2D eigenvalue weighted by atomic mass is 19.4. The number of carboxylic acid groups (broad SMARTS) is 1. The minimum Gasteiger partial charge on any atom is -0.480 e. The van der Waals surface area contributed by atoms with Crippen molar-refractivity contribution in [3.8, 4) is 0 Å². The van der Waals surface area contributed by atoms with Crippen molar-refractivity contribution in [2.24, 2.45) is 0 Å². The van der Waals surface area contributed by atoms with Gasteiger partial charge in [0.1, 0.15) is 11.6 Å². The molecule has 134 valence electrons. The van der Waals surface area contributed by atoms with Crippen LogP contribution in [-0.4, -0.2) is 47.4 Å². The molecule has 0 saturated carbocycles. The molecule has 1 atom stereocenters. The Bertz CT molecular complexity index is 432. The van der Waals surface area contributed by atoms with Gasteiger partial charge in [-0.3, -0.25) is 4.79 Å². The van der Waals surface area contributed by atoms with E-state index in [4.69, 9.17) is 9.84 Å². The molecule has 0 aliphatic heterocycles. The smallest absolute Gasteiger partial charge is 0.471 e. The first-order valence-electron chi connectivity index (χ1n) is 6.90. The van der Waals surface area contributed by atoms with Crippen LogP contribution in [0.3, 0.4) is 0 Å². The van der Waals surface area contributed by atoms with E-state index in [0.717, 1.165) is 0 Å². The molecule has 0 aromatic rings. The van der Waals surface area contributed by atoms with Crippen LogP contribution in [0, 0.1) is 0 Å². The molecule has 0 aliphatic carbocycles. The first kappa shape index (κ1) is 21.0. The number of unbranched alkanes of at least 4 members (excludes halogenated alkanes) is 1. The van der Waals surface area contributed by atoms with E-state index in [1.807, 2.05) is 0 Å². The molecule has 0 unspecified atom stereocenters. The Hall–Kier alpha value is -2.00. The summed E-state index contributed by atoms with van der Waals surface area (Å²) in [5, 5.41) is 12.8. The zero-order valence-electron chi connectivity index (χ0n) is 13.1. The van der Waals surface area contributed by atoms with E-state index in [1.165, 1.54) is 0 Å². The van der Waals surface area contributed by atoms with Gasteiger partial charge in [0.2, 0.25) is 0 Å². The lowest BCUT2D eigenvalue weighted by Crippen LogP contribution is -2.43. The van der Waals surface area contributed by atoms with Gasteiger partial charge in [-0.15, -0.1) is 0 Å². The van der Waals surface area contributed by atoms with E-state index in [-0.39, 0.29) is 25.8 Å². The van der Waals surface area contributed by atoms with Crippen LogP contribution < -0.4 is 10.6 Å². The molecule has 0 heterocycles. The third kappa shape index (κ3) is 10.4. The average Bonchev–Trinajstić information content (AvgIpc) is 2.32. The lowest BCUT2D eigenvalue weighted by Gasteiger charge is -2.22. The lowest BCUT2D eigenvalue weighted by atomic mass is 10.1. The first-order valence-corrected chi connectivity index (χ1v) is 6.90. The fourth-order valence-electron chi connectivity index (χ4n) is 1.48. The largest absolute Gasteiger partial charge is 0.480 e. The van der Waals surface area contributed by atoms with Crippen LogP contribution in [0.4, 0.5) is 18.0 Å². The Morgan fingerprint density at radius 2 is 1.70 bits per heavy atom. The number of rotatable bonds is 7. The van der Waals surface area contributed by atoms with Crippen LogP contribution >= 0.6 is 0 Å². The minimum atomic E-state index is -4.94. The Morgan fingerprint density at radius 1 is 1.13 bits per heavy atom. The quantitative estimate of drug-likeness (QED) is 0.612. The summed E-state index contributed by atoms with van der Waals surface area (Å²) in [7, 11) is 0. The Labute approximate surface area is 131 Å². The van der Waals surface area contributed by atoms with Crippen molar-refractivity contribution >= 4 is 18.0 Å². The molecule has 0 aromatic heterocycles. The predicted octanol–water partition coefficient (Wildman–Crippen LogP) is 1.81. The molecule has 0 aromatic carbocycles. The topological polar surface area (TPSA) is 105 Å². The highest BCUT2D eigenvalue weighted by molar-refractivity contribution is 5.81. The summed E-state index contributed by atoms with van der Waals surface area (Å²) in [6, 6.07) is -1.22. The van der Waals surface area contributed by atoms with E-state index in [1.54, 1.807) is 26.1 Å². The molecule has 0 bridgehead atoms. The van der Waals surface area contributed by atoms with E-state index in [2.05, 4.69) is 5.32 Å². The van der Waals surface area contributed by atoms with Crippen LogP contribution in [0.2, 0.25) is 0 Å². The van der Waals surface area contributed by atoms with Gasteiger partial charge in [-0.25, -0.2) is 9.59 Å². The normalized spacial score (nSPS) is 13.1. The van der Waals surface area contributed by atoms with E-state index in [9.17, 15) is 27.6 Å². The second kappa shape index (κ2) is 8.59. The number of carbonyl (C=O) groups excluding carboxylic acids is 2. The number of halogens is 3. The molecule has 2 amide bonds.